The van der Waals surface area contributed by atoms with Crippen LogP contribution in [0.25, 0.3) is 11.3 Å². The lowest BCUT2D eigenvalue weighted by Gasteiger charge is -2.08. The van der Waals surface area contributed by atoms with Crippen molar-refractivity contribution in [2.24, 2.45) is 0 Å². The molecule has 0 bridgehead atoms. The Kier molecular flexibility index (Phi) is 3.60. The highest BCUT2D eigenvalue weighted by Gasteiger charge is 2.09. The molecular formula is C15H18N2O. The van der Waals surface area contributed by atoms with Crippen LogP contribution in [0.5, 0.6) is 0 Å². The minimum absolute atomic E-state index is 0.0371. The Morgan fingerprint density at radius 2 is 2.06 bits per heavy atom. The van der Waals surface area contributed by atoms with Crippen LogP contribution in [-0.2, 0) is 6.42 Å². The molecule has 0 aliphatic carbocycles. The molecule has 0 fully saturated rings. The molecule has 0 unspecified atom stereocenters. The van der Waals surface area contributed by atoms with Crippen molar-refractivity contribution >= 4 is 0 Å². The standard InChI is InChI=1S/C15H18N2O/c1-4-6-13-16-14(11(3)15(18)17-13)12-8-5-7-10(2)9-12/h5,7-9H,4,6H2,1-3H3,(H,16,17,18). The van der Waals surface area contributed by atoms with E-state index in [1.807, 2.05) is 32.0 Å². The number of hydrogen-bond donors (Lipinski definition) is 1. The van der Waals surface area contributed by atoms with E-state index in [0.717, 1.165) is 29.9 Å². The predicted octanol–water partition coefficient (Wildman–Crippen LogP) is 3.01. The van der Waals surface area contributed by atoms with E-state index >= 15 is 0 Å². The fraction of sp³-hybridized carbons (Fsp3) is 0.333. The Balaban J connectivity index is 2.59. The van der Waals surface area contributed by atoms with Crippen LogP contribution < -0.4 is 5.56 Å². The summed E-state index contributed by atoms with van der Waals surface area (Å²) in [5.41, 5.74) is 3.62. The van der Waals surface area contributed by atoms with E-state index in [1.54, 1.807) is 0 Å². The van der Waals surface area contributed by atoms with Crippen LogP contribution in [0.15, 0.2) is 29.1 Å². The van der Waals surface area contributed by atoms with Gasteiger partial charge >= 0.3 is 0 Å². The van der Waals surface area contributed by atoms with Crippen molar-refractivity contribution in [1.29, 1.82) is 0 Å². The van der Waals surface area contributed by atoms with Crippen molar-refractivity contribution < 1.29 is 0 Å². The number of hydrogen-bond acceptors (Lipinski definition) is 2. The fourth-order valence-corrected chi connectivity index (χ4v) is 2.01. The quantitative estimate of drug-likeness (QED) is 0.899. The monoisotopic (exact) mass is 242 g/mol. The average molecular weight is 242 g/mol. The van der Waals surface area contributed by atoms with E-state index in [9.17, 15) is 4.79 Å². The molecule has 2 aromatic rings. The zero-order valence-electron chi connectivity index (χ0n) is 11.1. The van der Waals surface area contributed by atoms with E-state index in [1.165, 1.54) is 5.56 Å². The molecule has 0 saturated heterocycles. The molecular weight excluding hydrogens is 224 g/mol. The second kappa shape index (κ2) is 5.17. The molecule has 18 heavy (non-hydrogen) atoms. The van der Waals surface area contributed by atoms with Crippen molar-refractivity contribution in [3.8, 4) is 11.3 Å². The maximum atomic E-state index is 11.9. The molecule has 1 N–H and O–H groups in total. The third-order valence-corrected chi connectivity index (χ3v) is 2.98. The Morgan fingerprint density at radius 1 is 1.28 bits per heavy atom. The number of aryl methyl sites for hydroxylation is 2. The number of aromatic nitrogens is 2. The molecule has 1 heterocycles. The molecule has 94 valence electrons. The van der Waals surface area contributed by atoms with Crippen molar-refractivity contribution in [2.45, 2.75) is 33.6 Å². The summed E-state index contributed by atoms with van der Waals surface area (Å²) in [5.74, 6) is 0.768. The molecule has 0 aliphatic heterocycles. The normalized spacial score (nSPS) is 10.6. The van der Waals surface area contributed by atoms with E-state index < -0.39 is 0 Å². The molecule has 1 aromatic carbocycles. The zero-order valence-corrected chi connectivity index (χ0v) is 11.1. The molecule has 0 saturated carbocycles. The first-order valence-electron chi connectivity index (χ1n) is 6.28. The van der Waals surface area contributed by atoms with Crippen LogP contribution in [0.1, 0.15) is 30.3 Å². The number of rotatable bonds is 3. The summed E-state index contributed by atoms with van der Waals surface area (Å²) in [4.78, 5) is 19.3. The first-order chi connectivity index (χ1) is 8.61. The average Bonchev–Trinajstić information content (AvgIpc) is 2.34. The number of H-pyrrole nitrogens is 1. The smallest absolute Gasteiger partial charge is 0.254 e. The van der Waals surface area contributed by atoms with Gasteiger partial charge in [-0.05, 0) is 26.3 Å². The Bertz CT molecular complexity index is 614. The molecule has 0 spiro atoms. The maximum Gasteiger partial charge on any atom is 0.254 e. The van der Waals surface area contributed by atoms with Crippen molar-refractivity contribution in [1.82, 2.24) is 9.97 Å². The summed E-state index contributed by atoms with van der Waals surface area (Å²) >= 11 is 0. The lowest BCUT2D eigenvalue weighted by Crippen LogP contribution is -2.16. The van der Waals surface area contributed by atoms with E-state index in [-0.39, 0.29) is 5.56 Å². The van der Waals surface area contributed by atoms with Gasteiger partial charge in [-0.3, -0.25) is 4.79 Å². The largest absolute Gasteiger partial charge is 0.310 e. The molecule has 0 aliphatic rings. The first kappa shape index (κ1) is 12.6. The van der Waals surface area contributed by atoms with Gasteiger partial charge in [0.25, 0.3) is 5.56 Å². The topological polar surface area (TPSA) is 45.8 Å². The zero-order chi connectivity index (χ0) is 13.1. The Morgan fingerprint density at radius 3 is 2.72 bits per heavy atom. The summed E-state index contributed by atoms with van der Waals surface area (Å²) in [7, 11) is 0. The molecule has 2 rings (SSSR count). The third-order valence-electron chi connectivity index (χ3n) is 2.98. The SMILES string of the molecule is CCCc1nc(-c2cccc(C)c2)c(C)c(=O)[nH]1. The summed E-state index contributed by atoms with van der Waals surface area (Å²) in [6.45, 7) is 5.93. The molecule has 1 aromatic heterocycles. The van der Waals surface area contributed by atoms with Gasteiger partial charge in [-0.25, -0.2) is 4.98 Å². The van der Waals surface area contributed by atoms with Crippen molar-refractivity contribution in [3.05, 3.63) is 51.6 Å². The lowest BCUT2D eigenvalue weighted by molar-refractivity contribution is 0.822. The first-order valence-corrected chi connectivity index (χ1v) is 6.28. The summed E-state index contributed by atoms with van der Waals surface area (Å²) in [6, 6.07) is 8.09. The molecule has 0 atom stereocenters. The van der Waals surface area contributed by atoms with Gasteiger partial charge in [0.15, 0.2) is 0 Å². The Hall–Kier alpha value is -1.90. The highest BCUT2D eigenvalue weighted by molar-refractivity contribution is 5.63. The van der Waals surface area contributed by atoms with E-state index in [4.69, 9.17) is 0 Å². The van der Waals surface area contributed by atoms with Crippen molar-refractivity contribution in [3.63, 3.8) is 0 Å². The van der Waals surface area contributed by atoms with Gasteiger partial charge in [0.2, 0.25) is 0 Å². The second-order valence-corrected chi connectivity index (χ2v) is 4.61. The maximum absolute atomic E-state index is 11.9. The van der Waals surface area contributed by atoms with Gasteiger partial charge in [0.1, 0.15) is 5.82 Å². The number of aromatic amines is 1. The third kappa shape index (κ3) is 2.50. The number of benzene rings is 1. The fourth-order valence-electron chi connectivity index (χ4n) is 2.01. The van der Waals surface area contributed by atoms with Crippen LogP contribution in [0.2, 0.25) is 0 Å². The minimum Gasteiger partial charge on any atom is -0.310 e. The second-order valence-electron chi connectivity index (χ2n) is 4.61. The Labute approximate surface area is 107 Å². The van der Waals surface area contributed by atoms with Crippen molar-refractivity contribution in [2.75, 3.05) is 0 Å². The van der Waals surface area contributed by atoms with Gasteiger partial charge in [-0.1, -0.05) is 30.7 Å². The highest BCUT2D eigenvalue weighted by atomic mass is 16.1. The summed E-state index contributed by atoms with van der Waals surface area (Å²) < 4.78 is 0. The van der Waals surface area contributed by atoms with Crippen LogP contribution in [0.3, 0.4) is 0 Å². The lowest BCUT2D eigenvalue weighted by atomic mass is 10.1. The number of nitrogens with one attached hydrogen (secondary N) is 1. The van der Waals surface area contributed by atoms with Gasteiger partial charge in [0, 0.05) is 17.5 Å². The summed E-state index contributed by atoms with van der Waals surface area (Å²) in [5, 5.41) is 0. The molecule has 0 amide bonds. The van der Waals surface area contributed by atoms with Crippen LogP contribution in [0.4, 0.5) is 0 Å². The van der Waals surface area contributed by atoms with E-state index in [0.29, 0.717) is 5.56 Å². The van der Waals surface area contributed by atoms with Gasteiger partial charge in [-0.15, -0.1) is 0 Å². The van der Waals surface area contributed by atoms with Crippen LogP contribution in [0, 0.1) is 13.8 Å². The van der Waals surface area contributed by atoms with Crippen LogP contribution in [-0.4, -0.2) is 9.97 Å². The van der Waals surface area contributed by atoms with Crippen LogP contribution >= 0.6 is 0 Å². The van der Waals surface area contributed by atoms with Gasteiger partial charge < -0.3 is 4.98 Å². The molecule has 3 nitrogen and oxygen atoms in total. The van der Waals surface area contributed by atoms with Gasteiger partial charge in [-0.2, -0.15) is 0 Å². The van der Waals surface area contributed by atoms with E-state index in [2.05, 4.69) is 23.0 Å². The number of nitrogens with zero attached hydrogens (tertiary/aromatic N) is 1. The highest BCUT2D eigenvalue weighted by Crippen LogP contribution is 2.20. The summed E-state index contributed by atoms with van der Waals surface area (Å²) in [6.07, 6.45) is 1.77. The molecule has 3 heteroatoms. The molecule has 0 radical (unpaired) electrons. The minimum atomic E-state index is -0.0371. The van der Waals surface area contributed by atoms with Gasteiger partial charge in [0.05, 0.1) is 5.69 Å². The predicted molar refractivity (Wildman–Crippen MR) is 73.8 cm³/mol.